The number of anilines is 1. The first-order valence-electron chi connectivity index (χ1n) is 9.72. The lowest BCUT2D eigenvalue weighted by atomic mass is 10.2. The summed E-state index contributed by atoms with van der Waals surface area (Å²) in [5, 5.41) is 6.74. The van der Waals surface area contributed by atoms with Gasteiger partial charge in [0.05, 0.1) is 20.4 Å². The van der Waals surface area contributed by atoms with E-state index in [2.05, 4.69) is 15.8 Å². The van der Waals surface area contributed by atoms with E-state index in [1.807, 2.05) is 0 Å². The molecule has 164 valence electrons. The molecule has 0 aliphatic heterocycles. The number of hydrazone groups is 1. The number of para-hydroxylation sites is 1. The second-order valence-electron chi connectivity index (χ2n) is 6.53. The van der Waals surface area contributed by atoms with Crippen LogP contribution in [0.4, 0.5) is 5.69 Å². The minimum Gasteiger partial charge on any atom is -0.497 e. The zero-order chi connectivity index (χ0) is 22.8. The highest BCUT2D eigenvalue weighted by Crippen LogP contribution is 2.17. The quantitative estimate of drug-likeness (QED) is 0.398. The van der Waals surface area contributed by atoms with Crippen LogP contribution in [0.5, 0.6) is 17.2 Å². The summed E-state index contributed by atoms with van der Waals surface area (Å²) < 4.78 is 15.8. The van der Waals surface area contributed by atoms with Crippen LogP contribution in [0.3, 0.4) is 0 Å². The van der Waals surface area contributed by atoms with Crippen LogP contribution < -0.4 is 25.0 Å². The average molecular weight is 433 g/mol. The van der Waals surface area contributed by atoms with Gasteiger partial charge in [0.25, 0.3) is 11.8 Å². The first-order chi connectivity index (χ1) is 15.6. The molecule has 0 aliphatic carbocycles. The minimum atomic E-state index is -0.377. The number of rotatable bonds is 9. The number of hydrogen-bond acceptors (Lipinski definition) is 6. The van der Waals surface area contributed by atoms with E-state index in [0.29, 0.717) is 34.1 Å². The standard InChI is InChI=1S/C24H23N3O5/c1-30-20-12-10-19(11-13-20)26-23(28)16-32-22-9-4-3-6-18(22)15-25-27-24(29)17-7-5-8-21(14-17)31-2/h3-15H,16H2,1-2H3,(H,26,28)(H,27,29)/b25-15+. The van der Waals surface area contributed by atoms with Gasteiger partial charge in [-0.3, -0.25) is 9.59 Å². The van der Waals surface area contributed by atoms with Crippen molar-refractivity contribution in [3.8, 4) is 17.2 Å². The Hall–Kier alpha value is -4.33. The molecule has 0 saturated heterocycles. The number of ether oxygens (including phenoxy) is 3. The molecule has 2 amide bonds. The Balaban J connectivity index is 1.56. The average Bonchev–Trinajstić information content (AvgIpc) is 2.84. The molecule has 32 heavy (non-hydrogen) atoms. The normalized spacial score (nSPS) is 10.4. The van der Waals surface area contributed by atoms with Gasteiger partial charge in [0, 0.05) is 16.8 Å². The number of carbonyl (C=O) groups is 2. The molecule has 0 aliphatic rings. The molecule has 0 heterocycles. The fourth-order valence-corrected chi connectivity index (χ4v) is 2.72. The monoisotopic (exact) mass is 433 g/mol. The van der Waals surface area contributed by atoms with Gasteiger partial charge in [0.15, 0.2) is 6.61 Å². The van der Waals surface area contributed by atoms with Crippen LogP contribution in [-0.4, -0.2) is 38.9 Å². The number of amides is 2. The predicted molar refractivity (Wildman–Crippen MR) is 122 cm³/mol. The van der Waals surface area contributed by atoms with E-state index in [9.17, 15) is 9.59 Å². The van der Waals surface area contributed by atoms with E-state index >= 15 is 0 Å². The summed E-state index contributed by atoms with van der Waals surface area (Å²) in [6.07, 6.45) is 1.45. The van der Waals surface area contributed by atoms with Crippen molar-refractivity contribution in [2.45, 2.75) is 0 Å². The third-order valence-corrected chi connectivity index (χ3v) is 4.35. The Labute approximate surface area is 185 Å². The maximum Gasteiger partial charge on any atom is 0.271 e. The fourth-order valence-electron chi connectivity index (χ4n) is 2.72. The van der Waals surface area contributed by atoms with Gasteiger partial charge in [0.1, 0.15) is 17.2 Å². The Bertz CT molecular complexity index is 1100. The number of nitrogens with zero attached hydrogens (tertiary/aromatic N) is 1. The molecular formula is C24H23N3O5. The smallest absolute Gasteiger partial charge is 0.271 e. The van der Waals surface area contributed by atoms with Crippen LogP contribution in [0.1, 0.15) is 15.9 Å². The van der Waals surface area contributed by atoms with E-state index in [1.165, 1.54) is 13.3 Å². The second-order valence-corrected chi connectivity index (χ2v) is 6.53. The van der Waals surface area contributed by atoms with Crippen LogP contribution in [0.2, 0.25) is 0 Å². The zero-order valence-corrected chi connectivity index (χ0v) is 17.7. The summed E-state index contributed by atoms with van der Waals surface area (Å²) in [6, 6.07) is 20.8. The largest absolute Gasteiger partial charge is 0.497 e. The Morgan fingerprint density at radius 1 is 0.906 bits per heavy atom. The Kier molecular flexibility index (Phi) is 7.80. The molecule has 0 aromatic heterocycles. The van der Waals surface area contributed by atoms with Crippen molar-refractivity contribution >= 4 is 23.7 Å². The number of carbonyl (C=O) groups excluding carboxylic acids is 2. The number of benzene rings is 3. The van der Waals surface area contributed by atoms with Crippen LogP contribution in [0.15, 0.2) is 77.9 Å². The van der Waals surface area contributed by atoms with E-state index < -0.39 is 0 Å². The molecule has 3 aromatic rings. The highest BCUT2D eigenvalue weighted by molar-refractivity contribution is 5.95. The lowest BCUT2D eigenvalue weighted by Gasteiger charge is -2.10. The zero-order valence-electron chi connectivity index (χ0n) is 17.7. The van der Waals surface area contributed by atoms with E-state index in [-0.39, 0.29) is 18.4 Å². The van der Waals surface area contributed by atoms with Crippen LogP contribution in [0, 0.1) is 0 Å². The van der Waals surface area contributed by atoms with Crippen molar-refractivity contribution in [2.24, 2.45) is 5.10 Å². The summed E-state index contributed by atoms with van der Waals surface area (Å²) in [4.78, 5) is 24.4. The summed E-state index contributed by atoms with van der Waals surface area (Å²) >= 11 is 0. The maximum absolute atomic E-state index is 12.2. The van der Waals surface area contributed by atoms with Gasteiger partial charge in [-0.05, 0) is 54.6 Å². The SMILES string of the molecule is COc1ccc(NC(=O)COc2ccccc2/C=N/NC(=O)c2cccc(OC)c2)cc1. The van der Waals surface area contributed by atoms with E-state index in [4.69, 9.17) is 14.2 Å². The maximum atomic E-state index is 12.2. The summed E-state index contributed by atoms with van der Waals surface area (Å²) in [7, 11) is 3.11. The third kappa shape index (κ3) is 6.33. The van der Waals surface area contributed by atoms with Crippen molar-refractivity contribution < 1.29 is 23.8 Å². The van der Waals surface area contributed by atoms with Gasteiger partial charge < -0.3 is 19.5 Å². The molecular weight excluding hydrogens is 410 g/mol. The van der Waals surface area contributed by atoms with Crippen LogP contribution in [0.25, 0.3) is 0 Å². The van der Waals surface area contributed by atoms with Crippen molar-refractivity contribution in [1.82, 2.24) is 5.43 Å². The lowest BCUT2D eigenvalue weighted by Crippen LogP contribution is -2.20. The number of methoxy groups -OCH3 is 2. The second kappa shape index (κ2) is 11.2. The first kappa shape index (κ1) is 22.4. The van der Waals surface area contributed by atoms with Gasteiger partial charge in [-0.25, -0.2) is 5.43 Å². The van der Waals surface area contributed by atoms with Gasteiger partial charge >= 0.3 is 0 Å². The van der Waals surface area contributed by atoms with Crippen LogP contribution in [-0.2, 0) is 4.79 Å². The molecule has 0 saturated carbocycles. The molecule has 8 heteroatoms. The van der Waals surface area contributed by atoms with Gasteiger partial charge in [0.2, 0.25) is 0 Å². The third-order valence-electron chi connectivity index (χ3n) is 4.35. The molecule has 0 bridgehead atoms. The molecule has 0 spiro atoms. The first-order valence-corrected chi connectivity index (χ1v) is 9.72. The van der Waals surface area contributed by atoms with Gasteiger partial charge in [-0.2, -0.15) is 5.10 Å². The van der Waals surface area contributed by atoms with Crippen LogP contribution >= 0.6 is 0 Å². The number of nitrogens with one attached hydrogen (secondary N) is 2. The molecule has 0 unspecified atom stereocenters. The highest BCUT2D eigenvalue weighted by atomic mass is 16.5. The van der Waals surface area contributed by atoms with Crippen molar-refractivity contribution in [3.63, 3.8) is 0 Å². The summed E-state index contributed by atoms with van der Waals surface area (Å²) in [6.45, 7) is -0.187. The summed E-state index contributed by atoms with van der Waals surface area (Å²) in [5.41, 5.74) is 4.12. The van der Waals surface area contributed by atoms with Gasteiger partial charge in [-0.1, -0.05) is 18.2 Å². The fraction of sp³-hybridized carbons (Fsp3) is 0.125. The molecule has 2 N–H and O–H groups in total. The molecule has 0 atom stereocenters. The topological polar surface area (TPSA) is 98.3 Å². The summed E-state index contributed by atoms with van der Waals surface area (Å²) in [5.74, 6) is 1.04. The highest BCUT2D eigenvalue weighted by Gasteiger charge is 2.08. The minimum absolute atomic E-state index is 0.187. The van der Waals surface area contributed by atoms with Crippen molar-refractivity contribution in [3.05, 3.63) is 83.9 Å². The molecule has 3 aromatic carbocycles. The molecule has 0 radical (unpaired) electrons. The molecule has 8 nitrogen and oxygen atoms in total. The molecule has 3 rings (SSSR count). The molecule has 0 fully saturated rings. The van der Waals surface area contributed by atoms with E-state index in [1.54, 1.807) is 79.9 Å². The Morgan fingerprint density at radius 2 is 1.66 bits per heavy atom. The van der Waals surface area contributed by atoms with Crippen molar-refractivity contribution in [2.75, 3.05) is 26.1 Å². The van der Waals surface area contributed by atoms with Crippen molar-refractivity contribution in [1.29, 1.82) is 0 Å². The Morgan fingerprint density at radius 3 is 2.41 bits per heavy atom. The lowest BCUT2D eigenvalue weighted by molar-refractivity contribution is -0.118. The number of hydrogen-bond donors (Lipinski definition) is 2. The van der Waals surface area contributed by atoms with E-state index in [0.717, 1.165) is 0 Å². The van der Waals surface area contributed by atoms with Gasteiger partial charge in [-0.15, -0.1) is 0 Å². The predicted octanol–water partition coefficient (Wildman–Crippen LogP) is 3.49.